The number of para-hydroxylation sites is 1. The Balaban J connectivity index is 1.89. The van der Waals surface area contributed by atoms with Gasteiger partial charge in [-0.05, 0) is 12.1 Å². The first-order valence-corrected chi connectivity index (χ1v) is 12.1. The van der Waals surface area contributed by atoms with E-state index in [1.165, 1.54) is 18.2 Å². The normalized spacial score (nSPS) is 24.4. The Labute approximate surface area is 169 Å². The van der Waals surface area contributed by atoms with Gasteiger partial charge in [0, 0.05) is 10.8 Å². The van der Waals surface area contributed by atoms with E-state index in [2.05, 4.69) is 10.2 Å². The molecule has 12 heteroatoms. The molecule has 1 aromatic carbocycles. The van der Waals surface area contributed by atoms with Crippen LogP contribution in [0.3, 0.4) is 0 Å². The molecule has 0 radical (unpaired) electrons. The standard InChI is InChI=1S/C17H26N2O8P2/c1-16(2)8-24-28(22,25-9-16)18-13-7-5-6-12(15(20)21)14(13)19-29(23)26-10-17(3,4)11-27-29/h5-7H,8-11H2,1-4H3,(H,18,22)(H,19,23)(H,20,21). The van der Waals surface area contributed by atoms with Gasteiger partial charge in [-0.3, -0.25) is 28.3 Å². The minimum absolute atomic E-state index is 0.0835. The SMILES string of the molecule is CC1(C)COP(=O)(Nc2cccc(C(=O)O)c2NP2(=O)OCC(C)(C)CO2)OC1. The van der Waals surface area contributed by atoms with E-state index in [1.807, 2.05) is 27.7 Å². The first-order valence-electron chi connectivity index (χ1n) is 9.03. The van der Waals surface area contributed by atoms with Crippen LogP contribution in [0, 0.1) is 10.8 Å². The summed E-state index contributed by atoms with van der Waals surface area (Å²) in [6.07, 6.45) is 0. The van der Waals surface area contributed by atoms with Gasteiger partial charge in [0.25, 0.3) is 0 Å². The van der Waals surface area contributed by atoms with Gasteiger partial charge in [-0.15, -0.1) is 0 Å². The maximum absolute atomic E-state index is 13.0. The number of aromatic carboxylic acids is 1. The Bertz CT molecular complexity index is 873. The van der Waals surface area contributed by atoms with Crippen LogP contribution in [-0.2, 0) is 27.2 Å². The average Bonchev–Trinajstić information content (AvgIpc) is 2.62. The third-order valence-electron chi connectivity index (χ3n) is 4.30. The molecule has 162 valence electrons. The Hall–Kier alpha value is -1.41. The van der Waals surface area contributed by atoms with E-state index in [1.54, 1.807) is 0 Å². The lowest BCUT2D eigenvalue weighted by Crippen LogP contribution is -2.31. The van der Waals surface area contributed by atoms with Crippen molar-refractivity contribution in [2.24, 2.45) is 10.8 Å². The highest BCUT2D eigenvalue weighted by Gasteiger charge is 2.40. The van der Waals surface area contributed by atoms with Crippen LogP contribution in [0.25, 0.3) is 0 Å². The zero-order valence-corrected chi connectivity index (χ0v) is 18.5. The number of carbonyl (C=O) groups is 1. The van der Waals surface area contributed by atoms with Crippen LogP contribution < -0.4 is 10.2 Å². The molecule has 0 amide bonds. The topological polar surface area (TPSA) is 132 Å². The molecular weight excluding hydrogens is 422 g/mol. The van der Waals surface area contributed by atoms with Crippen LogP contribution in [0.1, 0.15) is 38.1 Å². The molecule has 29 heavy (non-hydrogen) atoms. The Morgan fingerprint density at radius 1 is 0.897 bits per heavy atom. The highest BCUT2D eigenvalue weighted by molar-refractivity contribution is 7.56. The van der Waals surface area contributed by atoms with Gasteiger partial charge < -0.3 is 5.11 Å². The van der Waals surface area contributed by atoms with Crippen molar-refractivity contribution in [2.45, 2.75) is 27.7 Å². The van der Waals surface area contributed by atoms with Crippen molar-refractivity contribution in [3.8, 4) is 0 Å². The molecule has 0 bridgehead atoms. The molecule has 3 N–H and O–H groups in total. The van der Waals surface area contributed by atoms with Gasteiger partial charge >= 0.3 is 21.5 Å². The zero-order chi connectivity index (χ0) is 21.5. The second-order valence-corrected chi connectivity index (χ2v) is 12.1. The fourth-order valence-corrected chi connectivity index (χ4v) is 6.04. The van der Waals surface area contributed by atoms with E-state index in [0.29, 0.717) is 0 Å². The van der Waals surface area contributed by atoms with Crippen molar-refractivity contribution < 1.29 is 37.1 Å². The van der Waals surface area contributed by atoms with Crippen LogP contribution >= 0.6 is 15.5 Å². The van der Waals surface area contributed by atoms with Gasteiger partial charge in [0.15, 0.2) is 0 Å². The number of carboxylic acid groups (broad SMARTS) is 1. The molecular formula is C17H26N2O8P2. The molecule has 3 rings (SSSR count). The maximum Gasteiger partial charge on any atom is 0.432 e. The van der Waals surface area contributed by atoms with Crippen molar-refractivity contribution in [3.05, 3.63) is 23.8 Å². The zero-order valence-electron chi connectivity index (χ0n) is 16.8. The first-order chi connectivity index (χ1) is 13.3. The van der Waals surface area contributed by atoms with Gasteiger partial charge in [-0.25, -0.2) is 13.9 Å². The summed E-state index contributed by atoms with van der Waals surface area (Å²) >= 11 is 0. The highest BCUT2D eigenvalue weighted by atomic mass is 31.2. The summed E-state index contributed by atoms with van der Waals surface area (Å²) in [5.41, 5.74) is -0.841. The fraction of sp³-hybridized carbons (Fsp3) is 0.588. The second-order valence-electron chi connectivity index (χ2n) is 8.67. The predicted molar refractivity (Wildman–Crippen MR) is 107 cm³/mol. The van der Waals surface area contributed by atoms with Crippen molar-refractivity contribution in [3.63, 3.8) is 0 Å². The maximum atomic E-state index is 13.0. The van der Waals surface area contributed by atoms with Crippen molar-refractivity contribution in [1.82, 2.24) is 0 Å². The number of carboxylic acids is 1. The molecule has 0 aromatic heterocycles. The van der Waals surface area contributed by atoms with E-state index < -0.39 is 21.5 Å². The smallest absolute Gasteiger partial charge is 0.432 e. The fourth-order valence-electron chi connectivity index (χ4n) is 2.55. The summed E-state index contributed by atoms with van der Waals surface area (Å²) < 4.78 is 47.5. The second kappa shape index (κ2) is 7.69. The van der Waals surface area contributed by atoms with Crippen LogP contribution in [0.5, 0.6) is 0 Å². The molecule has 0 spiro atoms. The van der Waals surface area contributed by atoms with E-state index in [9.17, 15) is 19.0 Å². The summed E-state index contributed by atoms with van der Waals surface area (Å²) in [4.78, 5) is 11.7. The lowest BCUT2D eigenvalue weighted by atomic mass is 9.97. The third kappa shape index (κ3) is 5.40. The molecule has 0 unspecified atom stereocenters. The Morgan fingerprint density at radius 3 is 1.79 bits per heavy atom. The molecule has 2 aliphatic rings. The number of nitrogens with one attached hydrogen (secondary N) is 2. The number of benzene rings is 1. The van der Waals surface area contributed by atoms with Gasteiger partial charge in [0.05, 0.1) is 43.4 Å². The molecule has 1 aromatic rings. The summed E-state index contributed by atoms with van der Waals surface area (Å²) in [7, 11) is -7.57. The molecule has 10 nitrogen and oxygen atoms in total. The molecule has 2 saturated heterocycles. The van der Waals surface area contributed by atoms with Crippen LogP contribution in [-0.4, -0.2) is 37.5 Å². The molecule has 0 saturated carbocycles. The molecule has 2 heterocycles. The van der Waals surface area contributed by atoms with Gasteiger partial charge in [-0.1, -0.05) is 33.8 Å². The third-order valence-corrected chi connectivity index (χ3v) is 7.19. The molecule has 0 aliphatic carbocycles. The summed E-state index contributed by atoms with van der Waals surface area (Å²) in [6.45, 7) is 8.29. The number of hydrogen-bond acceptors (Lipinski definition) is 7. The molecule has 2 aliphatic heterocycles. The Morgan fingerprint density at radius 2 is 1.34 bits per heavy atom. The van der Waals surface area contributed by atoms with Gasteiger partial charge in [0.2, 0.25) is 0 Å². The van der Waals surface area contributed by atoms with E-state index >= 15 is 0 Å². The average molecular weight is 448 g/mol. The van der Waals surface area contributed by atoms with Crippen LogP contribution in [0.4, 0.5) is 11.4 Å². The van der Waals surface area contributed by atoms with Crippen molar-refractivity contribution in [1.29, 1.82) is 0 Å². The minimum atomic E-state index is -3.83. The van der Waals surface area contributed by atoms with Crippen LogP contribution in [0.15, 0.2) is 18.2 Å². The predicted octanol–water partition coefficient (Wildman–Crippen LogP) is 4.57. The number of rotatable bonds is 5. The van der Waals surface area contributed by atoms with E-state index in [0.717, 1.165) is 0 Å². The highest BCUT2D eigenvalue weighted by Crippen LogP contribution is 2.57. The lowest BCUT2D eigenvalue weighted by molar-refractivity contribution is 0.0433. The summed E-state index contributed by atoms with van der Waals surface area (Å²) in [5, 5.41) is 14.8. The minimum Gasteiger partial charge on any atom is -0.478 e. The van der Waals surface area contributed by atoms with Crippen molar-refractivity contribution in [2.75, 3.05) is 36.6 Å². The van der Waals surface area contributed by atoms with Gasteiger partial charge in [0.1, 0.15) is 0 Å². The van der Waals surface area contributed by atoms with Gasteiger partial charge in [-0.2, -0.15) is 0 Å². The largest absolute Gasteiger partial charge is 0.478 e. The first kappa shape index (κ1) is 22.3. The number of hydrogen-bond donors (Lipinski definition) is 3. The van der Waals surface area contributed by atoms with Crippen molar-refractivity contribution >= 4 is 32.8 Å². The van der Waals surface area contributed by atoms with E-state index in [4.69, 9.17) is 18.1 Å². The van der Waals surface area contributed by atoms with E-state index in [-0.39, 0.29) is 54.2 Å². The molecule has 2 fully saturated rings. The quantitative estimate of drug-likeness (QED) is 0.550. The summed E-state index contributed by atoms with van der Waals surface area (Å²) in [6, 6.07) is 4.25. The Kier molecular flexibility index (Phi) is 5.91. The summed E-state index contributed by atoms with van der Waals surface area (Å²) in [5.74, 6) is -1.27. The molecule has 0 atom stereocenters. The lowest BCUT2D eigenvalue weighted by Gasteiger charge is -2.35. The number of anilines is 2. The van der Waals surface area contributed by atoms with Crippen LogP contribution in [0.2, 0.25) is 0 Å². The monoisotopic (exact) mass is 448 g/mol.